The van der Waals surface area contributed by atoms with E-state index in [2.05, 4.69) is 10.6 Å². The summed E-state index contributed by atoms with van der Waals surface area (Å²) in [6.07, 6.45) is -4.10. The summed E-state index contributed by atoms with van der Waals surface area (Å²) in [5.41, 5.74) is 0.263. The summed E-state index contributed by atoms with van der Waals surface area (Å²) in [7, 11) is 0. The average molecular weight is 704 g/mol. The quantitative estimate of drug-likeness (QED) is 0.151. The number of hydrogen-bond acceptors (Lipinski definition) is 5. The minimum absolute atomic E-state index is 0.193. The SMILES string of the molecule is N#Cc1cc(Cl)c(-c2ccc(CC(NC(=O)c3c(F)cc(N[C@H](c4ccccc4)C(F)(F)F)cc3F)C(=O)O)c3c2OCCC3)c(Cl)c1. The van der Waals surface area contributed by atoms with Crippen molar-refractivity contribution >= 4 is 40.8 Å². The number of nitrogens with zero attached hydrogens (tertiary/aromatic N) is 1. The lowest BCUT2D eigenvalue weighted by molar-refractivity contribution is -0.144. The van der Waals surface area contributed by atoms with Crippen LogP contribution in [0.5, 0.6) is 5.75 Å². The molecule has 4 aromatic carbocycles. The Morgan fingerprint density at radius 1 is 1.00 bits per heavy atom. The molecule has 0 aromatic heterocycles. The molecule has 0 saturated carbocycles. The highest BCUT2D eigenvalue weighted by Crippen LogP contribution is 2.45. The fourth-order valence-electron chi connectivity index (χ4n) is 5.50. The Labute approximate surface area is 280 Å². The van der Waals surface area contributed by atoms with Gasteiger partial charge in [-0.1, -0.05) is 65.7 Å². The van der Waals surface area contributed by atoms with E-state index >= 15 is 8.78 Å². The van der Waals surface area contributed by atoms with Gasteiger partial charge < -0.3 is 20.5 Å². The lowest BCUT2D eigenvalue weighted by Crippen LogP contribution is -2.43. The van der Waals surface area contributed by atoms with Gasteiger partial charge in [0.05, 0.1) is 28.3 Å². The fraction of sp³-hybridized carbons (Fsp3) is 0.206. The van der Waals surface area contributed by atoms with Crippen molar-refractivity contribution in [3.05, 3.63) is 116 Å². The Morgan fingerprint density at radius 2 is 1.65 bits per heavy atom. The summed E-state index contributed by atoms with van der Waals surface area (Å²) < 4.78 is 77.5. The summed E-state index contributed by atoms with van der Waals surface area (Å²) in [6.45, 7) is 0.340. The lowest BCUT2D eigenvalue weighted by atomic mass is 9.90. The number of carboxylic acids is 1. The van der Waals surface area contributed by atoms with Crippen LogP contribution in [0.15, 0.2) is 66.7 Å². The third-order valence-electron chi connectivity index (χ3n) is 7.68. The molecule has 0 bridgehead atoms. The van der Waals surface area contributed by atoms with Crippen molar-refractivity contribution in [1.82, 2.24) is 5.32 Å². The highest BCUT2D eigenvalue weighted by molar-refractivity contribution is 6.39. The second-order valence-electron chi connectivity index (χ2n) is 10.9. The molecule has 0 saturated heterocycles. The molecule has 0 radical (unpaired) electrons. The van der Waals surface area contributed by atoms with E-state index in [9.17, 15) is 33.1 Å². The molecule has 2 atom stereocenters. The number of fused-ring (bicyclic) bond motifs is 1. The maximum absolute atomic E-state index is 15.1. The van der Waals surface area contributed by atoms with Gasteiger partial charge in [-0.05, 0) is 53.8 Å². The Morgan fingerprint density at radius 3 is 2.23 bits per heavy atom. The van der Waals surface area contributed by atoms with Gasteiger partial charge in [0.1, 0.15) is 35.0 Å². The van der Waals surface area contributed by atoms with Gasteiger partial charge in [-0.15, -0.1) is 0 Å². The molecule has 1 unspecified atom stereocenters. The number of nitriles is 1. The molecular weight excluding hydrogens is 680 g/mol. The first-order valence-corrected chi connectivity index (χ1v) is 15.1. The van der Waals surface area contributed by atoms with Crippen molar-refractivity contribution in [2.45, 2.75) is 37.5 Å². The van der Waals surface area contributed by atoms with Crippen LogP contribution in [-0.4, -0.2) is 35.8 Å². The predicted octanol–water partition coefficient (Wildman–Crippen LogP) is 8.28. The van der Waals surface area contributed by atoms with Crippen LogP contribution in [-0.2, 0) is 17.6 Å². The number of halogens is 7. The number of nitrogens with one attached hydrogen (secondary N) is 2. The highest BCUT2D eigenvalue weighted by Gasteiger charge is 2.41. The van der Waals surface area contributed by atoms with Gasteiger partial charge in [-0.25, -0.2) is 13.6 Å². The number of benzene rings is 4. The second-order valence-corrected chi connectivity index (χ2v) is 11.7. The molecule has 0 aliphatic carbocycles. The van der Waals surface area contributed by atoms with Gasteiger partial charge in [-0.2, -0.15) is 18.4 Å². The predicted molar refractivity (Wildman–Crippen MR) is 168 cm³/mol. The van der Waals surface area contributed by atoms with E-state index in [1.54, 1.807) is 12.1 Å². The van der Waals surface area contributed by atoms with Crippen LogP contribution in [0.4, 0.5) is 27.6 Å². The van der Waals surface area contributed by atoms with Crippen molar-refractivity contribution in [2.75, 3.05) is 11.9 Å². The third kappa shape index (κ3) is 7.32. The Balaban J connectivity index is 1.40. The summed E-state index contributed by atoms with van der Waals surface area (Å²) in [5, 5.41) is 23.7. The number of anilines is 1. The average Bonchev–Trinajstić information content (AvgIpc) is 3.03. The van der Waals surface area contributed by atoms with Crippen LogP contribution in [0.1, 0.15) is 45.1 Å². The van der Waals surface area contributed by atoms with Gasteiger partial charge in [0.15, 0.2) is 0 Å². The zero-order valence-electron chi connectivity index (χ0n) is 24.6. The van der Waals surface area contributed by atoms with Gasteiger partial charge in [0, 0.05) is 23.2 Å². The number of carboxylic acid groups (broad SMARTS) is 1. The Bertz CT molecular complexity index is 1890. The van der Waals surface area contributed by atoms with Crippen LogP contribution in [0.2, 0.25) is 10.0 Å². The molecule has 3 N–H and O–H groups in total. The smallest absolute Gasteiger partial charge is 0.412 e. The van der Waals surface area contributed by atoms with E-state index in [0.717, 1.165) is 0 Å². The molecule has 0 spiro atoms. The number of hydrogen-bond donors (Lipinski definition) is 3. The fourth-order valence-corrected chi connectivity index (χ4v) is 6.19. The maximum Gasteiger partial charge on any atom is 0.412 e. The van der Waals surface area contributed by atoms with E-state index < -0.39 is 53.0 Å². The van der Waals surface area contributed by atoms with Gasteiger partial charge in [-0.3, -0.25) is 4.79 Å². The van der Waals surface area contributed by atoms with Crippen LogP contribution in [0.25, 0.3) is 11.1 Å². The minimum atomic E-state index is -4.83. The zero-order valence-corrected chi connectivity index (χ0v) is 26.1. The molecule has 7 nitrogen and oxygen atoms in total. The van der Waals surface area contributed by atoms with E-state index in [1.165, 1.54) is 42.5 Å². The first-order valence-electron chi connectivity index (χ1n) is 14.4. The normalized spacial score (nSPS) is 13.8. The number of rotatable bonds is 9. The van der Waals surface area contributed by atoms with Crippen LogP contribution in [0.3, 0.4) is 0 Å². The van der Waals surface area contributed by atoms with Crippen LogP contribution in [0, 0.1) is 23.0 Å². The molecular formula is C34H24Cl2F5N3O4. The molecule has 5 rings (SSSR count). The van der Waals surface area contributed by atoms with Gasteiger partial charge in [0.25, 0.3) is 5.91 Å². The molecule has 1 aliphatic rings. The van der Waals surface area contributed by atoms with Gasteiger partial charge >= 0.3 is 12.1 Å². The molecule has 1 heterocycles. The van der Waals surface area contributed by atoms with E-state index in [0.29, 0.717) is 59.6 Å². The lowest BCUT2D eigenvalue weighted by Gasteiger charge is -2.25. The molecule has 1 amide bonds. The molecule has 1 aliphatic heterocycles. The molecule has 48 heavy (non-hydrogen) atoms. The molecule has 0 fully saturated rings. The van der Waals surface area contributed by atoms with Crippen LogP contribution < -0.4 is 15.4 Å². The van der Waals surface area contributed by atoms with Crippen molar-refractivity contribution in [3.8, 4) is 22.9 Å². The molecule has 248 valence electrons. The van der Waals surface area contributed by atoms with Crippen molar-refractivity contribution in [1.29, 1.82) is 5.26 Å². The molecule has 14 heteroatoms. The van der Waals surface area contributed by atoms with E-state index in [1.807, 2.05) is 6.07 Å². The number of carbonyl (C=O) groups is 2. The monoisotopic (exact) mass is 703 g/mol. The highest BCUT2D eigenvalue weighted by atomic mass is 35.5. The summed E-state index contributed by atoms with van der Waals surface area (Å²) >= 11 is 12.9. The first kappa shape index (κ1) is 34.5. The zero-order chi connectivity index (χ0) is 34.7. The summed E-state index contributed by atoms with van der Waals surface area (Å²) in [6, 6.07) is 11.8. The number of carbonyl (C=O) groups excluding carboxylic acids is 1. The topological polar surface area (TPSA) is 111 Å². The Hall–Kier alpha value is -4.86. The van der Waals surface area contributed by atoms with Crippen molar-refractivity contribution in [3.63, 3.8) is 0 Å². The number of ether oxygens (including phenoxy) is 1. The van der Waals surface area contributed by atoms with Gasteiger partial charge in [0.2, 0.25) is 0 Å². The number of aliphatic carboxylic acids is 1. The van der Waals surface area contributed by atoms with E-state index in [4.69, 9.17) is 27.9 Å². The number of alkyl halides is 3. The van der Waals surface area contributed by atoms with E-state index in [-0.39, 0.29) is 27.6 Å². The Kier molecular flexibility index (Phi) is 10.1. The summed E-state index contributed by atoms with van der Waals surface area (Å²) in [4.78, 5) is 25.3. The summed E-state index contributed by atoms with van der Waals surface area (Å²) in [5.74, 6) is -5.54. The van der Waals surface area contributed by atoms with Crippen LogP contribution >= 0.6 is 23.2 Å². The second kappa shape index (κ2) is 14.1. The largest absolute Gasteiger partial charge is 0.493 e. The van der Waals surface area contributed by atoms with Crippen molar-refractivity contribution < 1.29 is 41.4 Å². The maximum atomic E-state index is 15.1. The van der Waals surface area contributed by atoms with Crippen molar-refractivity contribution in [2.24, 2.45) is 0 Å². The first-order chi connectivity index (χ1) is 22.8. The third-order valence-corrected chi connectivity index (χ3v) is 8.28. The standard InChI is InChI=1S/C34H24Cl2F5N3O4/c35-23-11-17(16-42)12-24(36)28(23)22-9-8-19(21-7-4-10-48-30(21)22)13-27(33(46)47)44-32(45)29-25(37)14-20(15-26(29)38)43-31(34(39,40)41)18-5-2-1-3-6-18/h1-3,5-6,8-9,11-12,14-15,27,31,43H,4,7,10,13H2,(H,44,45)(H,46,47)/t27?,31-/m1/s1. The molecule has 4 aromatic rings. The minimum Gasteiger partial charge on any atom is -0.493 e. The number of amides is 1.